The molecule has 29 heavy (non-hydrogen) atoms. The zero-order chi connectivity index (χ0) is 20.4. The first-order chi connectivity index (χ1) is 13.9. The van der Waals surface area contributed by atoms with Gasteiger partial charge in [0.1, 0.15) is 18.2 Å². The van der Waals surface area contributed by atoms with Crippen molar-refractivity contribution in [1.82, 2.24) is 0 Å². The molecule has 0 N–H and O–H groups in total. The molecule has 0 aromatic heterocycles. The predicted octanol–water partition coefficient (Wildman–Crippen LogP) is 5.28. The van der Waals surface area contributed by atoms with Crippen molar-refractivity contribution in [1.29, 1.82) is 0 Å². The summed E-state index contributed by atoms with van der Waals surface area (Å²) in [6, 6.07) is 18.2. The lowest BCUT2D eigenvalue weighted by Crippen LogP contribution is -2.23. The molecule has 1 atom stereocenters. The number of benzene rings is 3. The van der Waals surface area contributed by atoms with E-state index >= 15 is 0 Å². The molecule has 0 aliphatic carbocycles. The van der Waals surface area contributed by atoms with E-state index < -0.39 is 11.6 Å². The van der Waals surface area contributed by atoms with Crippen LogP contribution in [0.4, 0.5) is 4.39 Å². The summed E-state index contributed by atoms with van der Waals surface area (Å²) in [6.07, 6.45) is -0.195. The van der Waals surface area contributed by atoms with Gasteiger partial charge in [-0.2, -0.15) is 0 Å². The first-order valence-electron chi connectivity index (χ1n) is 9.64. The Bertz CT molecular complexity index is 1040. The Hall–Kier alpha value is -2.76. The number of rotatable bonds is 6. The number of hydrogen-bond donors (Lipinski definition) is 0. The summed E-state index contributed by atoms with van der Waals surface area (Å²) >= 11 is 0. The van der Waals surface area contributed by atoms with Gasteiger partial charge >= 0.3 is 0 Å². The Morgan fingerprint density at radius 3 is 2.66 bits per heavy atom. The topological polar surface area (TPSA) is 44.8 Å². The first-order valence-corrected chi connectivity index (χ1v) is 9.64. The number of fused-ring (bicyclic) bond motifs is 1. The largest absolute Gasteiger partial charge is 0.489 e. The highest BCUT2D eigenvalue weighted by Gasteiger charge is 2.34. The molecule has 4 rings (SSSR count). The molecule has 1 heterocycles. The fourth-order valence-electron chi connectivity index (χ4n) is 3.49. The Morgan fingerprint density at radius 1 is 1.10 bits per heavy atom. The molecule has 0 amide bonds. The second kappa shape index (κ2) is 7.93. The lowest BCUT2D eigenvalue weighted by Gasteiger charge is -2.16. The summed E-state index contributed by atoms with van der Waals surface area (Å²) in [4.78, 5) is 12.6. The maximum absolute atomic E-state index is 14.1. The molecule has 5 heteroatoms. The van der Waals surface area contributed by atoms with Crippen molar-refractivity contribution in [3.05, 3.63) is 77.6 Å². The van der Waals surface area contributed by atoms with Gasteiger partial charge in [0, 0.05) is 18.1 Å². The molecule has 0 saturated carbocycles. The molecule has 150 valence electrons. The van der Waals surface area contributed by atoms with Crippen LogP contribution in [0.5, 0.6) is 5.75 Å². The highest BCUT2D eigenvalue weighted by atomic mass is 19.1. The maximum atomic E-state index is 14.1. The Labute approximate surface area is 169 Å². The molecular formula is C24H23FO4. The summed E-state index contributed by atoms with van der Waals surface area (Å²) in [5.74, 6) is -1.08. The highest BCUT2D eigenvalue weighted by molar-refractivity contribution is 5.96. The average Bonchev–Trinajstić information content (AvgIpc) is 3.04. The first kappa shape index (κ1) is 19.6. The van der Waals surface area contributed by atoms with Gasteiger partial charge in [-0.3, -0.25) is 4.79 Å². The number of carbonyl (C=O) groups excluding carboxylic acids is 1. The summed E-state index contributed by atoms with van der Waals surface area (Å²) < 4.78 is 31.0. The van der Waals surface area contributed by atoms with E-state index in [4.69, 9.17) is 14.2 Å². The number of carbonyl (C=O) groups is 1. The van der Waals surface area contributed by atoms with Crippen LogP contribution in [-0.4, -0.2) is 24.3 Å². The van der Waals surface area contributed by atoms with Crippen LogP contribution in [0.1, 0.15) is 36.2 Å². The van der Waals surface area contributed by atoms with Crippen molar-refractivity contribution < 1.29 is 23.4 Å². The van der Waals surface area contributed by atoms with E-state index in [0.29, 0.717) is 12.4 Å². The van der Waals surface area contributed by atoms with E-state index in [2.05, 4.69) is 0 Å². The van der Waals surface area contributed by atoms with Gasteiger partial charge in [0.2, 0.25) is 0 Å². The SMILES string of the molecule is CC1(C)OC[C@@H](CC(=O)c2cc(F)cc(OCc3ccc4ccccc4c3)c2)O1. The fraction of sp³-hybridized carbons (Fsp3) is 0.292. The van der Waals surface area contributed by atoms with Crippen LogP contribution in [0.25, 0.3) is 10.8 Å². The van der Waals surface area contributed by atoms with Crippen LogP contribution >= 0.6 is 0 Å². The van der Waals surface area contributed by atoms with Gasteiger partial charge in [-0.15, -0.1) is 0 Å². The third-order valence-electron chi connectivity index (χ3n) is 4.89. The monoisotopic (exact) mass is 394 g/mol. The van der Waals surface area contributed by atoms with Gasteiger partial charge < -0.3 is 14.2 Å². The summed E-state index contributed by atoms with van der Waals surface area (Å²) in [5.41, 5.74) is 1.24. The van der Waals surface area contributed by atoms with E-state index in [9.17, 15) is 9.18 Å². The minimum Gasteiger partial charge on any atom is -0.489 e. The normalized spacial score (nSPS) is 18.1. The van der Waals surface area contributed by atoms with Gasteiger partial charge in [-0.1, -0.05) is 36.4 Å². The molecular weight excluding hydrogens is 371 g/mol. The maximum Gasteiger partial charge on any atom is 0.165 e. The number of hydrogen-bond acceptors (Lipinski definition) is 4. The number of ether oxygens (including phenoxy) is 3. The van der Waals surface area contributed by atoms with Crippen LogP contribution in [0.3, 0.4) is 0 Å². The molecule has 0 unspecified atom stereocenters. The van der Waals surface area contributed by atoms with Crippen LogP contribution in [-0.2, 0) is 16.1 Å². The summed E-state index contributed by atoms with van der Waals surface area (Å²) in [6.45, 7) is 4.24. The van der Waals surface area contributed by atoms with E-state index in [1.54, 1.807) is 19.9 Å². The van der Waals surface area contributed by atoms with Crippen molar-refractivity contribution in [2.24, 2.45) is 0 Å². The van der Waals surface area contributed by atoms with Crippen LogP contribution in [0.15, 0.2) is 60.7 Å². The minimum atomic E-state index is -0.693. The third kappa shape index (κ3) is 4.81. The van der Waals surface area contributed by atoms with Gasteiger partial charge in [0.05, 0.1) is 12.7 Å². The van der Waals surface area contributed by atoms with Gasteiger partial charge in [0.15, 0.2) is 11.6 Å². The highest BCUT2D eigenvalue weighted by Crippen LogP contribution is 2.26. The number of ketones is 1. The summed E-state index contributed by atoms with van der Waals surface area (Å²) in [5, 5.41) is 2.27. The fourth-order valence-corrected chi connectivity index (χ4v) is 3.49. The molecule has 4 nitrogen and oxygen atoms in total. The Kier molecular flexibility index (Phi) is 5.35. The zero-order valence-corrected chi connectivity index (χ0v) is 16.5. The lowest BCUT2D eigenvalue weighted by atomic mass is 10.0. The second-order valence-corrected chi connectivity index (χ2v) is 7.72. The molecule has 0 bridgehead atoms. The van der Waals surface area contributed by atoms with Crippen molar-refractivity contribution in [2.45, 2.75) is 38.8 Å². The van der Waals surface area contributed by atoms with Crippen molar-refractivity contribution >= 4 is 16.6 Å². The molecule has 1 saturated heterocycles. The zero-order valence-electron chi connectivity index (χ0n) is 16.5. The van der Waals surface area contributed by atoms with E-state index in [1.807, 2.05) is 42.5 Å². The molecule has 1 aliphatic heterocycles. The van der Waals surface area contributed by atoms with Crippen LogP contribution in [0.2, 0.25) is 0 Å². The van der Waals surface area contributed by atoms with Gasteiger partial charge in [0.25, 0.3) is 0 Å². The van der Waals surface area contributed by atoms with Crippen molar-refractivity contribution in [3.8, 4) is 5.75 Å². The molecule has 1 fully saturated rings. The molecule has 1 aliphatic rings. The molecule has 3 aromatic carbocycles. The van der Waals surface area contributed by atoms with Crippen molar-refractivity contribution in [2.75, 3.05) is 6.61 Å². The van der Waals surface area contributed by atoms with E-state index in [1.165, 1.54) is 12.1 Å². The van der Waals surface area contributed by atoms with Crippen molar-refractivity contribution in [3.63, 3.8) is 0 Å². The van der Waals surface area contributed by atoms with E-state index in [0.717, 1.165) is 16.3 Å². The molecule has 0 radical (unpaired) electrons. The standard InChI is InChI=1S/C24H23FO4/c1-24(2)28-15-22(29-24)13-23(26)19-10-20(25)12-21(11-19)27-14-16-7-8-17-5-3-4-6-18(17)9-16/h3-12,22H,13-15H2,1-2H3/t22-/m1/s1. The third-order valence-corrected chi connectivity index (χ3v) is 4.89. The average molecular weight is 394 g/mol. The van der Waals surface area contributed by atoms with Gasteiger partial charge in [-0.05, 0) is 48.4 Å². The molecule has 0 spiro atoms. The predicted molar refractivity (Wildman–Crippen MR) is 109 cm³/mol. The summed E-state index contributed by atoms with van der Waals surface area (Å²) in [7, 11) is 0. The second-order valence-electron chi connectivity index (χ2n) is 7.72. The smallest absolute Gasteiger partial charge is 0.165 e. The van der Waals surface area contributed by atoms with Crippen LogP contribution in [0, 0.1) is 5.82 Å². The van der Waals surface area contributed by atoms with E-state index in [-0.39, 0.29) is 30.5 Å². The number of halogens is 1. The Morgan fingerprint density at radius 2 is 1.90 bits per heavy atom. The molecule has 3 aromatic rings. The Balaban J connectivity index is 1.44. The quantitative estimate of drug-likeness (QED) is 0.534. The lowest BCUT2D eigenvalue weighted by molar-refractivity contribution is -0.137. The van der Waals surface area contributed by atoms with Crippen LogP contribution < -0.4 is 4.74 Å². The number of Topliss-reactive ketones (excluding diaryl/α,β-unsaturated/α-hetero) is 1. The minimum absolute atomic E-state index is 0.136. The van der Waals surface area contributed by atoms with Gasteiger partial charge in [-0.25, -0.2) is 4.39 Å².